The molecule has 0 bridgehead atoms. The molecular formula is C35H43N3O6S2. The van der Waals surface area contributed by atoms with Crippen LogP contribution in [-0.2, 0) is 28.6 Å². The topological polar surface area (TPSA) is 115 Å². The van der Waals surface area contributed by atoms with Gasteiger partial charge in [-0.2, -0.15) is 0 Å². The summed E-state index contributed by atoms with van der Waals surface area (Å²) in [4.78, 5) is 47.0. The van der Waals surface area contributed by atoms with Gasteiger partial charge in [-0.15, -0.1) is 23.1 Å². The smallest absolute Gasteiger partial charge is 0.408 e. The lowest BCUT2D eigenvalue weighted by molar-refractivity contribution is -0.200. The van der Waals surface area contributed by atoms with Gasteiger partial charge < -0.3 is 20.1 Å². The number of thiophene rings is 1. The first-order valence-electron chi connectivity index (χ1n) is 15.9. The van der Waals surface area contributed by atoms with Crippen LogP contribution in [0.15, 0.2) is 66.7 Å². The second kappa shape index (κ2) is 15.5. The Morgan fingerprint density at radius 3 is 2.54 bits per heavy atom. The number of alkyl carbamates (subject to hydrolysis) is 1. The third-order valence-electron chi connectivity index (χ3n) is 7.77. The van der Waals surface area contributed by atoms with Crippen LogP contribution in [0, 0.1) is 0 Å². The fraction of sp³-hybridized carbons (Fsp3) is 0.457. The van der Waals surface area contributed by atoms with Crippen molar-refractivity contribution < 1.29 is 28.7 Å². The minimum absolute atomic E-state index is 0.142. The van der Waals surface area contributed by atoms with E-state index in [9.17, 15) is 14.4 Å². The van der Waals surface area contributed by atoms with Crippen molar-refractivity contribution in [3.05, 3.63) is 77.2 Å². The fourth-order valence-electron chi connectivity index (χ4n) is 5.58. The number of amides is 3. The number of nitrogens with one attached hydrogen (secondary N) is 3. The molecule has 46 heavy (non-hydrogen) atoms. The van der Waals surface area contributed by atoms with Crippen LogP contribution in [0.5, 0.6) is 0 Å². The van der Waals surface area contributed by atoms with E-state index in [1.54, 1.807) is 44.2 Å². The average Bonchev–Trinajstić information content (AvgIpc) is 3.55. The lowest BCUT2D eigenvalue weighted by Crippen LogP contribution is -2.40. The van der Waals surface area contributed by atoms with Crippen LogP contribution in [0.1, 0.15) is 82.2 Å². The first kappa shape index (κ1) is 34.0. The number of hydrogen-bond donors (Lipinski definition) is 3. The molecule has 3 atom stereocenters. The highest BCUT2D eigenvalue weighted by molar-refractivity contribution is 8.00. The van der Waals surface area contributed by atoms with Crippen molar-refractivity contribution >= 4 is 46.7 Å². The van der Waals surface area contributed by atoms with Gasteiger partial charge in [-0.3, -0.25) is 9.59 Å². The monoisotopic (exact) mass is 665 g/mol. The Bertz CT molecular complexity index is 1480. The van der Waals surface area contributed by atoms with Gasteiger partial charge in [-0.05, 0) is 87.6 Å². The van der Waals surface area contributed by atoms with Gasteiger partial charge in [0.15, 0.2) is 6.29 Å². The zero-order valence-corrected chi connectivity index (χ0v) is 28.3. The summed E-state index contributed by atoms with van der Waals surface area (Å²) in [5.74, 6) is 0.468. The molecule has 0 spiro atoms. The molecule has 0 aliphatic carbocycles. The molecule has 2 aliphatic heterocycles. The molecule has 3 amide bonds. The summed E-state index contributed by atoms with van der Waals surface area (Å²) in [6, 6.07) is 20.0. The van der Waals surface area contributed by atoms with Gasteiger partial charge in [-0.1, -0.05) is 48.9 Å². The van der Waals surface area contributed by atoms with Crippen molar-refractivity contribution in [3.8, 4) is 10.4 Å². The molecule has 3 heterocycles. The van der Waals surface area contributed by atoms with E-state index in [0.29, 0.717) is 24.3 Å². The lowest BCUT2D eigenvalue weighted by Gasteiger charge is -2.35. The predicted molar refractivity (Wildman–Crippen MR) is 182 cm³/mol. The summed E-state index contributed by atoms with van der Waals surface area (Å²) in [6.45, 7) is 5.98. The first-order valence-corrected chi connectivity index (χ1v) is 17.7. The highest BCUT2D eigenvalue weighted by Crippen LogP contribution is 2.51. The number of benzene rings is 2. The van der Waals surface area contributed by atoms with Gasteiger partial charge in [0.25, 0.3) is 5.91 Å². The SMILES string of the molecule is CC(C)(C)OC(=O)N[C@@H](C(=O)Nc1cccc(-c2ccc([C@@]3(CC(=O)NOC4CCCCO4)CCCCS3)s2)c1)c1ccccc1. The maximum Gasteiger partial charge on any atom is 0.408 e. The number of thioether (sulfide) groups is 1. The zero-order valence-electron chi connectivity index (χ0n) is 26.6. The van der Waals surface area contributed by atoms with E-state index < -0.39 is 17.7 Å². The zero-order chi connectivity index (χ0) is 32.6. The Balaban J connectivity index is 1.29. The van der Waals surface area contributed by atoms with Crippen molar-refractivity contribution in [3.63, 3.8) is 0 Å². The standard InChI is InChI=1S/C35H43N3O6S2/c1-34(2,3)43-33(41)37-31(24-12-5-4-6-13-24)32(40)36-26-15-11-14-25(22-26)27-17-18-28(46-27)35(19-8-10-21-45-35)23-29(39)38-44-30-16-7-9-20-42-30/h4-6,11-15,17-18,22,30-31H,7-10,16,19-21,23H2,1-3H3,(H,36,40)(H,37,41)(H,38,39)/t30?,31-,35+/m1/s1. The van der Waals surface area contributed by atoms with E-state index >= 15 is 0 Å². The highest BCUT2D eigenvalue weighted by Gasteiger charge is 2.38. The maximum absolute atomic E-state index is 13.5. The number of rotatable bonds is 10. The van der Waals surface area contributed by atoms with Gasteiger partial charge >= 0.3 is 6.09 Å². The van der Waals surface area contributed by atoms with Crippen molar-refractivity contribution in [1.82, 2.24) is 10.8 Å². The molecule has 9 nitrogen and oxygen atoms in total. The van der Waals surface area contributed by atoms with E-state index in [1.807, 2.05) is 54.2 Å². The Morgan fingerprint density at radius 1 is 1.00 bits per heavy atom. The summed E-state index contributed by atoms with van der Waals surface area (Å²) in [6.07, 6.45) is 5.19. The molecule has 2 aromatic carbocycles. The van der Waals surface area contributed by atoms with Crippen LogP contribution in [0.4, 0.5) is 10.5 Å². The summed E-state index contributed by atoms with van der Waals surface area (Å²) < 4.78 is 10.7. The molecule has 2 saturated heterocycles. The molecular weight excluding hydrogens is 623 g/mol. The Kier molecular flexibility index (Phi) is 11.4. The highest BCUT2D eigenvalue weighted by atomic mass is 32.2. The van der Waals surface area contributed by atoms with Crippen LogP contribution >= 0.6 is 23.1 Å². The second-order valence-corrected chi connectivity index (χ2v) is 15.2. The number of hydroxylamine groups is 1. The number of hydrogen-bond acceptors (Lipinski definition) is 8. The fourth-order valence-corrected chi connectivity index (χ4v) is 8.47. The van der Waals surface area contributed by atoms with Gasteiger partial charge in [0.2, 0.25) is 5.91 Å². The van der Waals surface area contributed by atoms with Crippen LogP contribution < -0.4 is 16.1 Å². The summed E-state index contributed by atoms with van der Waals surface area (Å²) in [7, 11) is 0. The molecule has 2 fully saturated rings. The molecule has 3 N–H and O–H groups in total. The molecule has 5 rings (SSSR count). The van der Waals surface area contributed by atoms with E-state index in [1.165, 1.54) is 0 Å². The minimum Gasteiger partial charge on any atom is -0.444 e. The van der Waals surface area contributed by atoms with Crippen molar-refractivity contribution in [1.29, 1.82) is 0 Å². The minimum atomic E-state index is -0.948. The van der Waals surface area contributed by atoms with Gasteiger partial charge in [-0.25, -0.2) is 15.1 Å². The quantitative estimate of drug-likeness (QED) is 0.190. The second-order valence-electron chi connectivity index (χ2n) is 12.6. The number of ether oxygens (including phenoxy) is 2. The molecule has 3 aromatic rings. The molecule has 11 heteroatoms. The van der Waals surface area contributed by atoms with Crippen molar-refractivity contribution in [2.24, 2.45) is 0 Å². The molecule has 0 saturated carbocycles. The van der Waals surface area contributed by atoms with Crippen molar-refractivity contribution in [2.75, 3.05) is 17.7 Å². The van der Waals surface area contributed by atoms with Gasteiger partial charge in [0, 0.05) is 34.9 Å². The average molecular weight is 666 g/mol. The van der Waals surface area contributed by atoms with E-state index in [4.69, 9.17) is 14.3 Å². The molecule has 1 unspecified atom stereocenters. The summed E-state index contributed by atoms with van der Waals surface area (Å²) >= 11 is 3.52. The third kappa shape index (κ3) is 9.34. The number of carbonyl (C=O) groups is 3. The van der Waals surface area contributed by atoms with E-state index in [2.05, 4.69) is 28.2 Å². The largest absolute Gasteiger partial charge is 0.444 e. The maximum atomic E-state index is 13.5. The van der Waals surface area contributed by atoms with Crippen LogP contribution in [0.25, 0.3) is 10.4 Å². The van der Waals surface area contributed by atoms with Gasteiger partial charge in [0.1, 0.15) is 11.6 Å². The normalized spacial score (nSPS) is 20.7. The first-order chi connectivity index (χ1) is 22.1. The molecule has 246 valence electrons. The Hall–Kier alpha value is -3.38. The third-order valence-corrected chi connectivity index (χ3v) is 10.8. The summed E-state index contributed by atoms with van der Waals surface area (Å²) in [5, 5.41) is 5.70. The van der Waals surface area contributed by atoms with Crippen LogP contribution in [-0.4, -0.2) is 42.2 Å². The van der Waals surface area contributed by atoms with E-state index in [0.717, 1.165) is 59.6 Å². The van der Waals surface area contributed by atoms with Crippen molar-refractivity contribution in [2.45, 2.75) is 88.4 Å². The Morgan fingerprint density at radius 2 is 1.83 bits per heavy atom. The molecule has 0 radical (unpaired) electrons. The van der Waals surface area contributed by atoms with E-state index in [-0.39, 0.29) is 22.9 Å². The van der Waals surface area contributed by atoms with Crippen LogP contribution in [0.3, 0.4) is 0 Å². The number of anilines is 1. The summed E-state index contributed by atoms with van der Waals surface area (Å²) in [5.41, 5.74) is 4.14. The lowest BCUT2D eigenvalue weighted by atomic mass is 9.94. The molecule has 1 aromatic heterocycles. The predicted octanol–water partition coefficient (Wildman–Crippen LogP) is 7.70. The molecule has 2 aliphatic rings. The Labute approximate surface area is 279 Å². The number of carbonyl (C=O) groups excluding carboxylic acids is 3. The van der Waals surface area contributed by atoms with Crippen LogP contribution in [0.2, 0.25) is 0 Å². The van der Waals surface area contributed by atoms with Gasteiger partial charge in [0.05, 0.1) is 4.75 Å².